The Morgan fingerprint density at radius 1 is 1.67 bits per heavy atom. The molecule has 0 aliphatic heterocycles. The first-order valence-corrected chi connectivity index (χ1v) is 5.22. The summed E-state index contributed by atoms with van der Waals surface area (Å²) in [6.45, 7) is 1.98. The van der Waals surface area contributed by atoms with Gasteiger partial charge in [-0.2, -0.15) is 5.10 Å². The van der Waals surface area contributed by atoms with Crippen LogP contribution in [0.15, 0.2) is 6.07 Å². The third-order valence-corrected chi connectivity index (χ3v) is 3.00. The molecule has 0 radical (unpaired) electrons. The minimum absolute atomic E-state index is 0.157. The maximum atomic E-state index is 11.6. The topological polar surface area (TPSA) is 44.1 Å². The summed E-state index contributed by atoms with van der Waals surface area (Å²) < 4.78 is 6.63. The van der Waals surface area contributed by atoms with Crippen molar-refractivity contribution in [1.82, 2.24) is 9.78 Å². The molecule has 1 aromatic heterocycles. The van der Waals surface area contributed by atoms with Crippen molar-refractivity contribution < 1.29 is 9.53 Å². The molecule has 0 amide bonds. The van der Waals surface area contributed by atoms with E-state index in [2.05, 4.69) is 5.10 Å². The van der Waals surface area contributed by atoms with Gasteiger partial charge in [0.2, 0.25) is 0 Å². The minimum atomic E-state index is -0.158. The molecule has 1 atom stereocenters. The Balaban J connectivity index is 2.27. The predicted molar refractivity (Wildman–Crippen MR) is 55.4 cm³/mol. The molecular formula is C11H16N2O2. The fourth-order valence-corrected chi connectivity index (χ4v) is 1.85. The standard InChI is InChI=1S/C11H16N2O2/c1-7-6-9(12-13(7)2)10(8-4-5-8)11(14)15-3/h6,8,10H,4-5H2,1-3H3. The Bertz CT molecular complexity index is 360. The lowest BCUT2D eigenvalue weighted by atomic mass is 10.00. The minimum Gasteiger partial charge on any atom is -0.468 e. The highest BCUT2D eigenvalue weighted by molar-refractivity contribution is 5.78. The molecule has 1 aromatic rings. The number of hydrogen-bond donors (Lipinski definition) is 0. The van der Waals surface area contributed by atoms with Crippen molar-refractivity contribution in [2.24, 2.45) is 13.0 Å². The summed E-state index contributed by atoms with van der Waals surface area (Å²) in [5.74, 6) is 0.122. The first-order chi connectivity index (χ1) is 7.13. The number of nitrogens with zero attached hydrogens (tertiary/aromatic N) is 2. The van der Waals surface area contributed by atoms with Crippen molar-refractivity contribution in [1.29, 1.82) is 0 Å². The highest BCUT2D eigenvalue weighted by Gasteiger charge is 2.39. The quantitative estimate of drug-likeness (QED) is 0.705. The lowest BCUT2D eigenvalue weighted by molar-refractivity contribution is -0.143. The first-order valence-electron chi connectivity index (χ1n) is 5.22. The molecule has 0 spiro atoms. The Hall–Kier alpha value is -1.32. The molecule has 1 aliphatic rings. The number of methoxy groups -OCH3 is 1. The highest BCUT2D eigenvalue weighted by Crippen LogP contribution is 2.42. The van der Waals surface area contributed by atoms with Gasteiger partial charge in [-0.15, -0.1) is 0 Å². The molecule has 82 valence electrons. The van der Waals surface area contributed by atoms with Gasteiger partial charge in [0.15, 0.2) is 0 Å². The van der Waals surface area contributed by atoms with Crippen LogP contribution < -0.4 is 0 Å². The third kappa shape index (κ3) is 1.89. The first kappa shape index (κ1) is 10.2. The summed E-state index contributed by atoms with van der Waals surface area (Å²) in [4.78, 5) is 11.6. The van der Waals surface area contributed by atoms with E-state index in [-0.39, 0.29) is 11.9 Å². The van der Waals surface area contributed by atoms with E-state index in [9.17, 15) is 4.79 Å². The number of rotatable bonds is 3. The van der Waals surface area contributed by atoms with Gasteiger partial charge < -0.3 is 4.74 Å². The Labute approximate surface area is 89.2 Å². The monoisotopic (exact) mass is 208 g/mol. The zero-order valence-corrected chi connectivity index (χ0v) is 9.36. The van der Waals surface area contributed by atoms with Gasteiger partial charge >= 0.3 is 5.97 Å². The Morgan fingerprint density at radius 3 is 2.73 bits per heavy atom. The van der Waals surface area contributed by atoms with E-state index in [0.29, 0.717) is 5.92 Å². The number of aromatic nitrogens is 2. The van der Waals surface area contributed by atoms with Crippen molar-refractivity contribution >= 4 is 5.97 Å². The van der Waals surface area contributed by atoms with Crippen LogP contribution in [-0.4, -0.2) is 22.9 Å². The van der Waals surface area contributed by atoms with Gasteiger partial charge in [0, 0.05) is 12.7 Å². The van der Waals surface area contributed by atoms with Crippen LogP contribution >= 0.6 is 0 Å². The van der Waals surface area contributed by atoms with Crippen molar-refractivity contribution in [3.05, 3.63) is 17.5 Å². The second-order valence-corrected chi connectivity index (χ2v) is 4.17. The van der Waals surface area contributed by atoms with E-state index in [4.69, 9.17) is 4.74 Å². The van der Waals surface area contributed by atoms with Gasteiger partial charge in [0.25, 0.3) is 0 Å². The normalized spacial score (nSPS) is 17.5. The van der Waals surface area contributed by atoms with E-state index >= 15 is 0 Å². The fourth-order valence-electron chi connectivity index (χ4n) is 1.85. The molecule has 1 heterocycles. The van der Waals surface area contributed by atoms with E-state index < -0.39 is 0 Å². The van der Waals surface area contributed by atoms with E-state index in [0.717, 1.165) is 24.2 Å². The van der Waals surface area contributed by atoms with Crippen LogP contribution in [0, 0.1) is 12.8 Å². The van der Waals surface area contributed by atoms with Crippen LogP contribution in [0.4, 0.5) is 0 Å². The lowest BCUT2D eigenvalue weighted by Gasteiger charge is -2.10. The number of carbonyl (C=O) groups is 1. The summed E-state index contributed by atoms with van der Waals surface area (Å²) >= 11 is 0. The van der Waals surface area contributed by atoms with Crippen LogP contribution in [0.5, 0.6) is 0 Å². The SMILES string of the molecule is COC(=O)C(c1cc(C)n(C)n1)C1CC1. The summed E-state index contributed by atoms with van der Waals surface area (Å²) in [6.07, 6.45) is 2.21. The Kier molecular flexibility index (Phi) is 2.50. The zero-order chi connectivity index (χ0) is 11.0. The number of ether oxygens (including phenoxy) is 1. The molecule has 0 bridgehead atoms. The van der Waals surface area contributed by atoms with E-state index in [1.807, 2.05) is 20.0 Å². The molecule has 0 N–H and O–H groups in total. The van der Waals surface area contributed by atoms with Crippen LogP contribution in [0.3, 0.4) is 0 Å². The molecule has 1 unspecified atom stereocenters. The molecule has 1 aliphatic carbocycles. The number of esters is 1. The van der Waals surface area contributed by atoms with Gasteiger partial charge in [0.05, 0.1) is 12.8 Å². The summed E-state index contributed by atoms with van der Waals surface area (Å²) in [5, 5.41) is 4.36. The average Bonchev–Trinajstić information content (AvgIpc) is 2.96. The number of hydrogen-bond acceptors (Lipinski definition) is 3. The second kappa shape index (κ2) is 3.68. The van der Waals surface area contributed by atoms with Crippen LogP contribution in [0.2, 0.25) is 0 Å². The van der Waals surface area contributed by atoms with E-state index in [1.54, 1.807) is 4.68 Å². The average molecular weight is 208 g/mol. The number of aryl methyl sites for hydroxylation is 2. The summed E-state index contributed by atoms with van der Waals surface area (Å²) in [5.41, 5.74) is 1.92. The van der Waals surface area contributed by atoms with E-state index in [1.165, 1.54) is 7.11 Å². The van der Waals surface area contributed by atoms with Gasteiger partial charge in [-0.3, -0.25) is 9.48 Å². The summed E-state index contributed by atoms with van der Waals surface area (Å²) in [6, 6.07) is 1.97. The largest absolute Gasteiger partial charge is 0.468 e. The van der Waals surface area contributed by atoms with Crippen molar-refractivity contribution in [3.63, 3.8) is 0 Å². The van der Waals surface area contributed by atoms with Gasteiger partial charge in [-0.05, 0) is 31.7 Å². The van der Waals surface area contributed by atoms with Crippen LogP contribution in [-0.2, 0) is 16.6 Å². The van der Waals surface area contributed by atoms with Gasteiger partial charge in [-0.25, -0.2) is 0 Å². The molecule has 4 nitrogen and oxygen atoms in total. The van der Waals surface area contributed by atoms with Gasteiger partial charge in [-0.1, -0.05) is 0 Å². The smallest absolute Gasteiger partial charge is 0.315 e. The maximum Gasteiger partial charge on any atom is 0.315 e. The second-order valence-electron chi connectivity index (χ2n) is 4.17. The molecule has 0 aromatic carbocycles. The molecule has 1 fully saturated rings. The molecule has 0 saturated heterocycles. The third-order valence-electron chi connectivity index (χ3n) is 3.00. The van der Waals surface area contributed by atoms with Gasteiger partial charge in [0.1, 0.15) is 5.92 Å². The number of carbonyl (C=O) groups excluding carboxylic acids is 1. The molecule has 4 heteroatoms. The van der Waals surface area contributed by atoms with Crippen molar-refractivity contribution in [2.75, 3.05) is 7.11 Å². The fraction of sp³-hybridized carbons (Fsp3) is 0.636. The summed E-state index contributed by atoms with van der Waals surface area (Å²) in [7, 11) is 3.33. The molecular weight excluding hydrogens is 192 g/mol. The maximum absolute atomic E-state index is 11.6. The Morgan fingerprint density at radius 2 is 2.33 bits per heavy atom. The van der Waals surface area contributed by atoms with Crippen molar-refractivity contribution in [3.8, 4) is 0 Å². The lowest BCUT2D eigenvalue weighted by Crippen LogP contribution is -2.17. The molecule has 1 saturated carbocycles. The van der Waals surface area contributed by atoms with Crippen LogP contribution in [0.1, 0.15) is 30.1 Å². The molecule has 2 rings (SSSR count). The zero-order valence-electron chi connectivity index (χ0n) is 9.36. The highest BCUT2D eigenvalue weighted by atomic mass is 16.5. The van der Waals surface area contributed by atoms with Crippen molar-refractivity contribution in [2.45, 2.75) is 25.7 Å². The van der Waals surface area contributed by atoms with Crippen LogP contribution in [0.25, 0.3) is 0 Å². The molecule has 15 heavy (non-hydrogen) atoms. The predicted octanol–water partition coefficient (Wildman–Crippen LogP) is 1.40.